The number of thioether (sulfide) groups is 1. The number of aryl methyl sites for hydroxylation is 2. The first kappa shape index (κ1) is 13.2. The van der Waals surface area contributed by atoms with E-state index in [1.807, 2.05) is 12.3 Å². The van der Waals surface area contributed by atoms with Gasteiger partial charge in [0.1, 0.15) is 4.34 Å². The van der Waals surface area contributed by atoms with Gasteiger partial charge >= 0.3 is 0 Å². The third-order valence-electron chi connectivity index (χ3n) is 2.37. The lowest BCUT2D eigenvalue weighted by molar-refractivity contribution is 0.660. The molecular weight excluding hydrogens is 266 g/mol. The molecule has 0 atom stereocenters. The Labute approximate surface area is 114 Å². The molecule has 6 heteroatoms. The highest BCUT2D eigenvalue weighted by molar-refractivity contribution is 8.00. The number of nitrogens with zero attached hydrogens (tertiary/aromatic N) is 2. The van der Waals surface area contributed by atoms with Crippen molar-refractivity contribution in [3.05, 3.63) is 39.8 Å². The zero-order chi connectivity index (χ0) is 13.0. The number of aromatic nitrogens is 2. The zero-order valence-electron chi connectivity index (χ0n) is 10.1. The molecule has 18 heavy (non-hydrogen) atoms. The molecule has 2 heterocycles. The maximum Gasteiger partial charge on any atom is 0.250 e. The molecule has 0 unspecified atom stereocenters. The Morgan fingerprint density at radius 3 is 3.06 bits per heavy atom. The van der Waals surface area contributed by atoms with Crippen molar-refractivity contribution >= 4 is 28.8 Å². The molecule has 0 fully saturated rings. The summed E-state index contributed by atoms with van der Waals surface area (Å²) < 4.78 is 2.75. The van der Waals surface area contributed by atoms with Gasteiger partial charge in [0.05, 0.1) is 0 Å². The molecule has 0 amide bonds. The monoisotopic (exact) mass is 281 g/mol. The van der Waals surface area contributed by atoms with E-state index in [2.05, 4.69) is 4.98 Å². The highest BCUT2D eigenvalue weighted by atomic mass is 32.2. The van der Waals surface area contributed by atoms with Gasteiger partial charge in [-0.05, 0) is 19.4 Å². The fraction of sp³-hybridized carbons (Fsp3) is 0.333. The Morgan fingerprint density at radius 1 is 1.50 bits per heavy atom. The van der Waals surface area contributed by atoms with Crippen LogP contribution < -0.4 is 11.3 Å². The van der Waals surface area contributed by atoms with E-state index in [1.165, 1.54) is 6.07 Å². The van der Waals surface area contributed by atoms with Crippen LogP contribution in [0.2, 0.25) is 0 Å². The molecule has 0 spiro atoms. The fourth-order valence-corrected chi connectivity index (χ4v) is 3.36. The lowest BCUT2D eigenvalue weighted by atomic mass is 10.4. The highest BCUT2D eigenvalue weighted by Gasteiger charge is 2.00. The minimum absolute atomic E-state index is 0.000655. The van der Waals surface area contributed by atoms with E-state index >= 15 is 0 Å². The minimum atomic E-state index is -0.000655. The van der Waals surface area contributed by atoms with E-state index in [4.69, 9.17) is 5.73 Å². The minimum Gasteiger partial charge on any atom is -0.398 e. The maximum atomic E-state index is 11.5. The van der Waals surface area contributed by atoms with Gasteiger partial charge in [-0.2, -0.15) is 0 Å². The van der Waals surface area contributed by atoms with Crippen LogP contribution in [0.4, 0.5) is 5.69 Å². The van der Waals surface area contributed by atoms with Gasteiger partial charge < -0.3 is 10.3 Å². The first-order chi connectivity index (χ1) is 8.65. The van der Waals surface area contributed by atoms with Gasteiger partial charge in [0.25, 0.3) is 5.56 Å². The number of pyridine rings is 1. The van der Waals surface area contributed by atoms with Crippen LogP contribution >= 0.6 is 23.1 Å². The molecule has 0 bridgehead atoms. The summed E-state index contributed by atoms with van der Waals surface area (Å²) in [4.78, 5) is 15.9. The predicted molar refractivity (Wildman–Crippen MR) is 77.3 cm³/mol. The molecule has 2 rings (SSSR count). The summed E-state index contributed by atoms with van der Waals surface area (Å²) in [6.45, 7) is 2.69. The van der Waals surface area contributed by atoms with Crippen LogP contribution in [-0.2, 0) is 6.54 Å². The Hall–Kier alpha value is -1.27. The molecule has 0 saturated carbocycles. The summed E-state index contributed by atoms with van der Waals surface area (Å²) in [6, 6.07) is 3.14. The Balaban J connectivity index is 1.82. The molecule has 0 aliphatic heterocycles. The van der Waals surface area contributed by atoms with Crippen LogP contribution in [0.1, 0.15) is 12.1 Å². The number of anilines is 1. The summed E-state index contributed by atoms with van der Waals surface area (Å²) in [5.41, 5.74) is 7.34. The van der Waals surface area contributed by atoms with Crippen LogP contribution in [0.3, 0.4) is 0 Å². The van der Waals surface area contributed by atoms with E-state index < -0.39 is 0 Å². The molecule has 0 saturated heterocycles. The molecule has 2 N–H and O–H groups in total. The molecule has 0 radical (unpaired) electrons. The molecule has 96 valence electrons. The van der Waals surface area contributed by atoms with Crippen molar-refractivity contribution in [3.8, 4) is 0 Å². The van der Waals surface area contributed by atoms with Gasteiger partial charge in [0, 0.05) is 41.3 Å². The second kappa shape index (κ2) is 6.06. The number of thiazole rings is 1. The Morgan fingerprint density at radius 2 is 2.33 bits per heavy atom. The van der Waals surface area contributed by atoms with Crippen molar-refractivity contribution in [1.82, 2.24) is 9.55 Å². The zero-order valence-corrected chi connectivity index (χ0v) is 11.8. The van der Waals surface area contributed by atoms with Crippen LogP contribution in [-0.4, -0.2) is 15.3 Å². The normalized spacial score (nSPS) is 10.7. The number of nitrogens with two attached hydrogens (primary N) is 1. The lowest BCUT2D eigenvalue weighted by Gasteiger charge is -2.05. The van der Waals surface area contributed by atoms with Gasteiger partial charge in [0.2, 0.25) is 0 Å². The van der Waals surface area contributed by atoms with E-state index in [9.17, 15) is 4.79 Å². The molecule has 2 aromatic rings. The summed E-state index contributed by atoms with van der Waals surface area (Å²) >= 11 is 3.40. The Kier molecular flexibility index (Phi) is 4.43. The molecule has 2 aromatic heterocycles. The van der Waals surface area contributed by atoms with Crippen LogP contribution in [0.25, 0.3) is 0 Å². The number of rotatable bonds is 5. The largest absolute Gasteiger partial charge is 0.398 e. The average molecular weight is 281 g/mol. The fourth-order valence-electron chi connectivity index (χ4n) is 1.52. The Bertz CT molecular complexity index is 577. The van der Waals surface area contributed by atoms with Crippen LogP contribution in [0, 0.1) is 6.92 Å². The predicted octanol–water partition coefficient (Wildman–Crippen LogP) is 2.38. The van der Waals surface area contributed by atoms with Gasteiger partial charge in [-0.1, -0.05) is 11.8 Å². The van der Waals surface area contributed by atoms with Crippen molar-refractivity contribution in [2.75, 3.05) is 11.5 Å². The van der Waals surface area contributed by atoms with Crippen molar-refractivity contribution in [2.45, 2.75) is 24.2 Å². The van der Waals surface area contributed by atoms with Gasteiger partial charge in [-0.15, -0.1) is 11.3 Å². The molecule has 0 aliphatic rings. The second-order valence-corrected chi connectivity index (χ2v) is 6.15. The van der Waals surface area contributed by atoms with Gasteiger partial charge in [0.15, 0.2) is 0 Å². The third-order valence-corrected chi connectivity index (χ3v) is 4.60. The lowest BCUT2D eigenvalue weighted by Crippen LogP contribution is -2.19. The van der Waals surface area contributed by atoms with Crippen LogP contribution in [0.15, 0.2) is 32.8 Å². The standard InChI is InChI=1S/C12H15N3OS2/c1-9-8-18-12(14-9)17-6-2-5-15-7-10(13)3-4-11(15)16/h3-4,7-8H,2,5-6,13H2,1H3. The molecule has 0 aromatic carbocycles. The van der Waals surface area contributed by atoms with Gasteiger partial charge in [-0.3, -0.25) is 4.79 Å². The topological polar surface area (TPSA) is 60.9 Å². The second-order valence-electron chi connectivity index (χ2n) is 3.95. The van der Waals surface area contributed by atoms with Crippen molar-refractivity contribution < 1.29 is 0 Å². The van der Waals surface area contributed by atoms with Crippen LogP contribution in [0.5, 0.6) is 0 Å². The van der Waals surface area contributed by atoms with Crippen molar-refractivity contribution in [1.29, 1.82) is 0 Å². The number of hydrogen-bond donors (Lipinski definition) is 1. The smallest absolute Gasteiger partial charge is 0.250 e. The number of hydrogen-bond acceptors (Lipinski definition) is 5. The summed E-state index contributed by atoms with van der Waals surface area (Å²) in [5, 5.41) is 2.05. The summed E-state index contributed by atoms with van der Waals surface area (Å²) in [7, 11) is 0. The van der Waals surface area contributed by atoms with Crippen molar-refractivity contribution in [3.63, 3.8) is 0 Å². The SMILES string of the molecule is Cc1csc(SCCCn2cc(N)ccc2=O)n1. The quantitative estimate of drug-likeness (QED) is 0.675. The van der Waals surface area contributed by atoms with E-state index in [0.717, 1.165) is 22.2 Å². The highest BCUT2D eigenvalue weighted by Crippen LogP contribution is 2.22. The van der Waals surface area contributed by atoms with E-state index in [1.54, 1.807) is 39.9 Å². The third kappa shape index (κ3) is 3.61. The molecular formula is C12H15N3OS2. The van der Waals surface area contributed by atoms with E-state index in [-0.39, 0.29) is 5.56 Å². The number of nitrogen functional groups attached to an aromatic ring is 1. The molecule has 4 nitrogen and oxygen atoms in total. The first-order valence-electron chi connectivity index (χ1n) is 5.66. The maximum absolute atomic E-state index is 11.5. The van der Waals surface area contributed by atoms with Crippen molar-refractivity contribution in [2.24, 2.45) is 0 Å². The summed E-state index contributed by atoms with van der Waals surface area (Å²) in [5.74, 6) is 0.953. The van der Waals surface area contributed by atoms with Gasteiger partial charge in [-0.25, -0.2) is 4.98 Å². The van der Waals surface area contributed by atoms with E-state index in [0.29, 0.717) is 12.2 Å². The average Bonchev–Trinajstić information content (AvgIpc) is 2.75. The molecule has 0 aliphatic carbocycles. The first-order valence-corrected chi connectivity index (χ1v) is 7.52. The summed E-state index contributed by atoms with van der Waals surface area (Å²) in [6.07, 6.45) is 2.62.